The van der Waals surface area contributed by atoms with Crippen LogP contribution in [0.2, 0.25) is 0 Å². The number of methoxy groups -OCH3 is 3. The molecule has 0 aliphatic heterocycles. The molecule has 9 nitrogen and oxygen atoms in total. The first kappa shape index (κ1) is 23.9. The van der Waals surface area contributed by atoms with E-state index in [4.69, 9.17) is 14.2 Å². The molecule has 0 heterocycles. The summed E-state index contributed by atoms with van der Waals surface area (Å²) in [5.41, 5.74) is 1.41. The second kappa shape index (κ2) is 11.2. The van der Waals surface area contributed by atoms with Crippen LogP contribution >= 0.6 is 0 Å². The van der Waals surface area contributed by atoms with Crippen LogP contribution in [0.5, 0.6) is 17.2 Å². The van der Waals surface area contributed by atoms with Crippen molar-refractivity contribution in [1.29, 1.82) is 0 Å². The predicted molar refractivity (Wildman–Crippen MR) is 117 cm³/mol. The Balaban J connectivity index is 2.23. The molecule has 1 amide bonds. The molecule has 9 heteroatoms. The molecule has 168 valence electrons. The summed E-state index contributed by atoms with van der Waals surface area (Å²) in [6.45, 7) is 7.27. The van der Waals surface area contributed by atoms with Crippen LogP contribution in [0.4, 0.5) is 5.69 Å². The van der Waals surface area contributed by atoms with Gasteiger partial charge in [0.2, 0.25) is 11.5 Å². The van der Waals surface area contributed by atoms with E-state index in [2.05, 4.69) is 24.1 Å². The smallest absolute Gasteiger partial charge is 0.327 e. The highest BCUT2D eigenvalue weighted by molar-refractivity contribution is 6.00. The van der Waals surface area contributed by atoms with E-state index in [1.807, 2.05) is 24.3 Å². The van der Waals surface area contributed by atoms with Crippen molar-refractivity contribution in [2.24, 2.45) is 0 Å². The zero-order valence-electron chi connectivity index (χ0n) is 18.6. The Morgan fingerprint density at radius 3 is 2.06 bits per heavy atom. The molecular formula is C22H29N3O6. The number of rotatable bonds is 11. The lowest BCUT2D eigenvalue weighted by Crippen LogP contribution is -2.24. The summed E-state index contributed by atoms with van der Waals surface area (Å²) in [4.78, 5) is 26.1. The first-order chi connectivity index (χ1) is 14.9. The summed E-state index contributed by atoms with van der Waals surface area (Å²) in [6.07, 6.45) is 0. The molecule has 0 aliphatic carbocycles. The number of carbonyl (C=O) groups is 1. The topological polar surface area (TPSA) is 103 Å². The summed E-state index contributed by atoms with van der Waals surface area (Å²) in [7, 11) is 3.99. The third kappa shape index (κ3) is 5.64. The number of hydrogen-bond acceptors (Lipinski definition) is 7. The fourth-order valence-electron chi connectivity index (χ4n) is 3.24. The Kier molecular flexibility index (Phi) is 8.63. The summed E-state index contributed by atoms with van der Waals surface area (Å²) in [5, 5.41) is 14.4. The van der Waals surface area contributed by atoms with Crippen molar-refractivity contribution in [3.8, 4) is 17.2 Å². The van der Waals surface area contributed by atoms with Crippen LogP contribution in [0.15, 0.2) is 30.3 Å². The van der Waals surface area contributed by atoms with Crippen molar-refractivity contribution in [2.75, 3.05) is 34.4 Å². The van der Waals surface area contributed by atoms with Crippen LogP contribution < -0.4 is 19.5 Å². The number of benzene rings is 2. The van der Waals surface area contributed by atoms with Gasteiger partial charge in [0, 0.05) is 19.2 Å². The predicted octanol–water partition coefficient (Wildman–Crippen LogP) is 3.39. The van der Waals surface area contributed by atoms with Gasteiger partial charge in [-0.05, 0) is 24.2 Å². The second-order valence-corrected chi connectivity index (χ2v) is 6.76. The van der Waals surface area contributed by atoms with Gasteiger partial charge in [-0.25, -0.2) is 0 Å². The highest BCUT2D eigenvalue weighted by Gasteiger charge is 2.32. The average molecular weight is 431 g/mol. The van der Waals surface area contributed by atoms with E-state index in [1.165, 1.54) is 33.0 Å². The molecule has 0 fully saturated rings. The van der Waals surface area contributed by atoms with E-state index in [0.29, 0.717) is 0 Å². The van der Waals surface area contributed by atoms with Gasteiger partial charge in [-0.1, -0.05) is 38.1 Å². The molecule has 0 radical (unpaired) electrons. The molecule has 2 rings (SSSR count). The molecule has 0 saturated carbocycles. The number of nitro benzene ring substituents is 1. The average Bonchev–Trinajstić information content (AvgIpc) is 2.79. The van der Waals surface area contributed by atoms with Crippen molar-refractivity contribution in [3.05, 3.63) is 57.1 Å². The Hall–Kier alpha value is -3.33. The maximum Gasteiger partial charge on any atom is 0.327 e. The summed E-state index contributed by atoms with van der Waals surface area (Å²) >= 11 is 0. The van der Waals surface area contributed by atoms with Crippen molar-refractivity contribution < 1.29 is 23.9 Å². The van der Waals surface area contributed by atoms with Gasteiger partial charge in [0.05, 0.1) is 26.3 Å². The van der Waals surface area contributed by atoms with Gasteiger partial charge in [-0.2, -0.15) is 0 Å². The molecule has 0 aromatic heterocycles. The molecule has 0 bridgehead atoms. The van der Waals surface area contributed by atoms with E-state index < -0.39 is 16.5 Å². The van der Waals surface area contributed by atoms with Gasteiger partial charge in [-0.15, -0.1) is 0 Å². The zero-order chi connectivity index (χ0) is 23.0. The van der Waals surface area contributed by atoms with Crippen LogP contribution in [0.1, 0.15) is 35.3 Å². The standard InChI is InChI=1S/C22H29N3O6/c1-6-24(7-2)14-16-10-8-15(9-11-16)13-23-22(26)17-12-18(29-3)20(30-4)21(31-5)19(17)25(27)28/h8-12H,6-7,13-14H2,1-5H3,(H,23,26). The van der Waals surface area contributed by atoms with Crippen molar-refractivity contribution in [1.82, 2.24) is 10.2 Å². The van der Waals surface area contributed by atoms with E-state index in [9.17, 15) is 14.9 Å². The van der Waals surface area contributed by atoms with Crippen molar-refractivity contribution in [3.63, 3.8) is 0 Å². The normalized spacial score (nSPS) is 10.6. The fraction of sp³-hybridized carbons (Fsp3) is 0.409. The van der Waals surface area contributed by atoms with E-state index >= 15 is 0 Å². The number of nitro groups is 1. The molecule has 0 aliphatic rings. The van der Waals surface area contributed by atoms with Crippen LogP contribution in [0.25, 0.3) is 0 Å². The zero-order valence-corrected chi connectivity index (χ0v) is 18.6. The summed E-state index contributed by atoms with van der Waals surface area (Å²) < 4.78 is 15.6. The molecule has 1 N–H and O–H groups in total. The Bertz CT molecular complexity index is 910. The lowest BCUT2D eigenvalue weighted by Gasteiger charge is -2.18. The highest BCUT2D eigenvalue weighted by Crippen LogP contribution is 2.46. The molecule has 2 aromatic carbocycles. The SMILES string of the molecule is CCN(CC)Cc1ccc(CNC(=O)c2cc(OC)c(OC)c(OC)c2[N+](=O)[O-])cc1. The number of nitrogens with one attached hydrogen (secondary N) is 1. The number of ether oxygens (including phenoxy) is 3. The Labute approximate surface area is 182 Å². The van der Waals surface area contributed by atoms with Crippen LogP contribution in [0.3, 0.4) is 0 Å². The number of carbonyl (C=O) groups excluding carboxylic acids is 1. The van der Waals surface area contributed by atoms with Gasteiger partial charge >= 0.3 is 5.69 Å². The van der Waals surface area contributed by atoms with Gasteiger partial charge in [0.25, 0.3) is 5.91 Å². The second-order valence-electron chi connectivity index (χ2n) is 6.76. The van der Waals surface area contributed by atoms with Crippen LogP contribution in [-0.2, 0) is 13.1 Å². The summed E-state index contributed by atoms with van der Waals surface area (Å²) in [5.74, 6) is -0.566. The Morgan fingerprint density at radius 2 is 1.58 bits per heavy atom. The number of hydrogen-bond donors (Lipinski definition) is 1. The maximum atomic E-state index is 12.8. The van der Waals surface area contributed by atoms with Gasteiger partial charge in [0.15, 0.2) is 5.75 Å². The molecule has 0 unspecified atom stereocenters. The minimum Gasteiger partial charge on any atom is -0.493 e. The number of nitrogens with zero attached hydrogens (tertiary/aromatic N) is 2. The van der Waals surface area contributed by atoms with E-state index in [1.54, 1.807) is 0 Å². The third-order valence-electron chi connectivity index (χ3n) is 5.01. The first-order valence-corrected chi connectivity index (χ1v) is 9.95. The monoisotopic (exact) mass is 431 g/mol. The molecule has 0 atom stereocenters. The maximum absolute atomic E-state index is 12.8. The highest BCUT2D eigenvalue weighted by atomic mass is 16.6. The van der Waals surface area contributed by atoms with E-state index in [0.717, 1.165) is 25.2 Å². The van der Waals surface area contributed by atoms with Crippen LogP contribution in [-0.4, -0.2) is 50.1 Å². The first-order valence-electron chi connectivity index (χ1n) is 9.95. The molecule has 0 saturated heterocycles. The van der Waals surface area contributed by atoms with Gasteiger partial charge in [0.1, 0.15) is 5.56 Å². The fourth-order valence-corrected chi connectivity index (χ4v) is 3.24. The van der Waals surface area contributed by atoms with E-state index in [-0.39, 0.29) is 29.4 Å². The molecule has 2 aromatic rings. The van der Waals surface area contributed by atoms with Crippen molar-refractivity contribution >= 4 is 11.6 Å². The minimum atomic E-state index is -0.669. The molecule has 31 heavy (non-hydrogen) atoms. The third-order valence-corrected chi connectivity index (χ3v) is 5.01. The molecule has 0 spiro atoms. The van der Waals surface area contributed by atoms with Gasteiger partial charge in [-0.3, -0.25) is 19.8 Å². The minimum absolute atomic E-state index is 0.0528. The quantitative estimate of drug-likeness (QED) is 0.430. The molecular weight excluding hydrogens is 402 g/mol. The van der Waals surface area contributed by atoms with Crippen molar-refractivity contribution in [2.45, 2.75) is 26.9 Å². The largest absolute Gasteiger partial charge is 0.493 e. The Morgan fingerprint density at radius 1 is 1.00 bits per heavy atom. The lowest BCUT2D eigenvalue weighted by molar-refractivity contribution is -0.386. The number of amides is 1. The van der Waals surface area contributed by atoms with Gasteiger partial charge < -0.3 is 19.5 Å². The van der Waals surface area contributed by atoms with Crippen LogP contribution in [0, 0.1) is 10.1 Å². The summed E-state index contributed by atoms with van der Waals surface area (Å²) in [6, 6.07) is 9.18. The lowest BCUT2D eigenvalue weighted by atomic mass is 10.1.